The van der Waals surface area contributed by atoms with Gasteiger partial charge in [0, 0.05) is 16.5 Å². The smallest absolute Gasteiger partial charge is 0.404 e. The van der Waals surface area contributed by atoms with Gasteiger partial charge in [-0.15, -0.1) is 0 Å². The number of amides is 1. The van der Waals surface area contributed by atoms with Crippen molar-refractivity contribution in [2.75, 3.05) is 0 Å². The van der Waals surface area contributed by atoms with Crippen LogP contribution in [0.3, 0.4) is 0 Å². The van der Waals surface area contributed by atoms with E-state index in [2.05, 4.69) is 0 Å². The van der Waals surface area contributed by atoms with Gasteiger partial charge in [-0.25, -0.2) is 4.79 Å². The van der Waals surface area contributed by atoms with E-state index in [0.717, 1.165) is 5.56 Å². The van der Waals surface area contributed by atoms with Gasteiger partial charge in [0.2, 0.25) is 0 Å². The van der Waals surface area contributed by atoms with E-state index in [4.69, 9.17) is 33.7 Å². The highest BCUT2D eigenvalue weighted by molar-refractivity contribution is 6.35. The van der Waals surface area contributed by atoms with Crippen LogP contribution in [0, 0.1) is 5.92 Å². The first-order valence-electron chi connectivity index (χ1n) is 5.30. The van der Waals surface area contributed by atoms with Crippen molar-refractivity contribution in [1.29, 1.82) is 0 Å². The topological polar surface area (TPSA) is 52.3 Å². The van der Waals surface area contributed by atoms with E-state index in [1.165, 1.54) is 0 Å². The molecule has 5 heteroatoms. The molecule has 1 unspecified atom stereocenters. The summed E-state index contributed by atoms with van der Waals surface area (Å²) in [5, 5.41) is 1.15. The van der Waals surface area contributed by atoms with Crippen molar-refractivity contribution >= 4 is 29.3 Å². The van der Waals surface area contributed by atoms with Crippen LogP contribution in [0.5, 0.6) is 0 Å². The van der Waals surface area contributed by atoms with Gasteiger partial charge in [0.05, 0.1) is 0 Å². The molecule has 0 aliphatic carbocycles. The monoisotopic (exact) mass is 275 g/mol. The Morgan fingerprint density at radius 3 is 2.53 bits per heavy atom. The first-order valence-corrected chi connectivity index (χ1v) is 6.05. The third-order valence-electron chi connectivity index (χ3n) is 2.45. The van der Waals surface area contributed by atoms with E-state index in [0.29, 0.717) is 16.5 Å². The van der Waals surface area contributed by atoms with Gasteiger partial charge in [-0.2, -0.15) is 0 Å². The van der Waals surface area contributed by atoms with Gasteiger partial charge in [-0.1, -0.05) is 43.1 Å². The SMILES string of the molecule is CC(C)C(Cc1ccc(Cl)cc1Cl)OC(N)=O. The Balaban J connectivity index is 2.82. The Bertz CT molecular complexity index is 407. The molecule has 94 valence electrons. The van der Waals surface area contributed by atoms with Gasteiger partial charge in [0.1, 0.15) is 6.10 Å². The molecule has 0 aliphatic heterocycles. The molecular weight excluding hydrogens is 261 g/mol. The summed E-state index contributed by atoms with van der Waals surface area (Å²) < 4.78 is 5.05. The maximum absolute atomic E-state index is 10.8. The molecule has 1 aromatic carbocycles. The lowest BCUT2D eigenvalue weighted by Crippen LogP contribution is -2.29. The number of benzene rings is 1. The molecular formula is C12H15Cl2NO2. The fourth-order valence-electron chi connectivity index (χ4n) is 1.47. The highest BCUT2D eigenvalue weighted by Crippen LogP contribution is 2.24. The van der Waals surface area contributed by atoms with Crippen LogP contribution in [0.15, 0.2) is 18.2 Å². The van der Waals surface area contributed by atoms with Crippen LogP contribution in [-0.4, -0.2) is 12.2 Å². The third-order valence-corrected chi connectivity index (χ3v) is 3.03. The fourth-order valence-corrected chi connectivity index (χ4v) is 1.95. The first kappa shape index (κ1) is 14.1. The Morgan fingerprint density at radius 2 is 2.06 bits per heavy atom. The van der Waals surface area contributed by atoms with Crippen LogP contribution in [0.2, 0.25) is 10.0 Å². The average molecular weight is 276 g/mol. The minimum atomic E-state index is -0.770. The average Bonchev–Trinajstić information content (AvgIpc) is 2.19. The van der Waals surface area contributed by atoms with E-state index in [-0.39, 0.29) is 12.0 Å². The standard InChI is InChI=1S/C12H15Cl2NO2/c1-7(2)11(17-12(15)16)5-8-3-4-9(13)6-10(8)14/h3-4,6-7,11H,5H2,1-2H3,(H2,15,16). The van der Waals surface area contributed by atoms with Crippen molar-refractivity contribution in [3.8, 4) is 0 Å². The van der Waals surface area contributed by atoms with Crippen LogP contribution < -0.4 is 5.73 Å². The lowest BCUT2D eigenvalue weighted by Gasteiger charge is -2.20. The van der Waals surface area contributed by atoms with E-state index in [1.54, 1.807) is 12.1 Å². The van der Waals surface area contributed by atoms with E-state index in [1.807, 2.05) is 19.9 Å². The van der Waals surface area contributed by atoms with Crippen molar-refractivity contribution in [2.24, 2.45) is 11.7 Å². The van der Waals surface area contributed by atoms with Crippen molar-refractivity contribution < 1.29 is 9.53 Å². The zero-order valence-corrected chi connectivity index (χ0v) is 11.3. The van der Waals surface area contributed by atoms with Crippen LogP contribution >= 0.6 is 23.2 Å². The van der Waals surface area contributed by atoms with Crippen LogP contribution in [0.4, 0.5) is 4.79 Å². The minimum absolute atomic E-state index is 0.161. The Kier molecular flexibility index (Phi) is 5.09. The molecule has 0 fully saturated rings. The molecule has 0 radical (unpaired) electrons. The predicted molar refractivity (Wildman–Crippen MR) is 69.5 cm³/mol. The van der Waals surface area contributed by atoms with Crippen molar-refractivity contribution in [3.63, 3.8) is 0 Å². The molecule has 0 aliphatic rings. The van der Waals surface area contributed by atoms with E-state index >= 15 is 0 Å². The molecule has 0 heterocycles. The number of nitrogens with two attached hydrogens (primary N) is 1. The van der Waals surface area contributed by atoms with Gasteiger partial charge in [-0.05, 0) is 23.6 Å². The van der Waals surface area contributed by atoms with Gasteiger partial charge in [0.25, 0.3) is 0 Å². The minimum Gasteiger partial charge on any atom is -0.446 e. The molecule has 2 N–H and O–H groups in total. The first-order chi connectivity index (χ1) is 7.90. The Labute approximate surface area is 111 Å². The van der Waals surface area contributed by atoms with Gasteiger partial charge >= 0.3 is 6.09 Å². The second-order valence-electron chi connectivity index (χ2n) is 4.16. The summed E-state index contributed by atoms with van der Waals surface area (Å²) in [5.41, 5.74) is 5.92. The molecule has 0 saturated carbocycles. The number of carbonyl (C=O) groups excluding carboxylic acids is 1. The number of carbonyl (C=O) groups is 1. The third kappa shape index (κ3) is 4.44. The van der Waals surface area contributed by atoms with Gasteiger partial charge in [0.15, 0.2) is 0 Å². The summed E-state index contributed by atoms with van der Waals surface area (Å²) in [7, 11) is 0. The lowest BCUT2D eigenvalue weighted by atomic mass is 9.99. The quantitative estimate of drug-likeness (QED) is 0.912. The number of ether oxygens (including phenoxy) is 1. The van der Waals surface area contributed by atoms with E-state index < -0.39 is 6.09 Å². The number of rotatable bonds is 4. The zero-order chi connectivity index (χ0) is 13.0. The number of primary amides is 1. The predicted octanol–water partition coefficient (Wildman–Crippen LogP) is 3.66. The highest BCUT2D eigenvalue weighted by atomic mass is 35.5. The number of halogens is 2. The Morgan fingerprint density at radius 1 is 1.41 bits per heavy atom. The fraction of sp³-hybridized carbons (Fsp3) is 0.417. The molecule has 1 rings (SSSR count). The van der Waals surface area contributed by atoms with Crippen molar-refractivity contribution in [3.05, 3.63) is 33.8 Å². The van der Waals surface area contributed by atoms with Crippen molar-refractivity contribution in [2.45, 2.75) is 26.4 Å². The molecule has 0 bridgehead atoms. The van der Waals surface area contributed by atoms with Crippen LogP contribution in [0.1, 0.15) is 19.4 Å². The van der Waals surface area contributed by atoms with E-state index in [9.17, 15) is 4.79 Å². The molecule has 0 aromatic heterocycles. The molecule has 1 aromatic rings. The largest absolute Gasteiger partial charge is 0.446 e. The van der Waals surface area contributed by atoms with Crippen LogP contribution in [0.25, 0.3) is 0 Å². The number of hydrogen-bond acceptors (Lipinski definition) is 2. The summed E-state index contributed by atoms with van der Waals surface area (Å²) >= 11 is 11.9. The van der Waals surface area contributed by atoms with Gasteiger partial charge in [-0.3, -0.25) is 0 Å². The van der Waals surface area contributed by atoms with Gasteiger partial charge < -0.3 is 10.5 Å². The normalized spacial score (nSPS) is 12.5. The highest BCUT2D eigenvalue weighted by Gasteiger charge is 2.18. The second-order valence-corrected chi connectivity index (χ2v) is 5.00. The summed E-state index contributed by atoms with van der Waals surface area (Å²) in [5.74, 6) is 0.161. The maximum atomic E-state index is 10.8. The lowest BCUT2D eigenvalue weighted by molar-refractivity contribution is 0.0788. The Hall–Kier alpha value is -0.930. The zero-order valence-electron chi connectivity index (χ0n) is 9.74. The number of hydrogen-bond donors (Lipinski definition) is 1. The summed E-state index contributed by atoms with van der Waals surface area (Å²) in [6, 6.07) is 5.24. The summed E-state index contributed by atoms with van der Waals surface area (Å²) in [6.07, 6.45) is -0.531. The molecule has 0 saturated heterocycles. The summed E-state index contributed by atoms with van der Waals surface area (Å²) in [4.78, 5) is 10.8. The van der Waals surface area contributed by atoms with Crippen LogP contribution in [-0.2, 0) is 11.2 Å². The second kappa shape index (κ2) is 6.12. The maximum Gasteiger partial charge on any atom is 0.404 e. The molecule has 17 heavy (non-hydrogen) atoms. The molecule has 3 nitrogen and oxygen atoms in total. The molecule has 0 spiro atoms. The molecule has 1 atom stereocenters. The molecule has 1 amide bonds. The van der Waals surface area contributed by atoms with Crippen molar-refractivity contribution in [1.82, 2.24) is 0 Å². The summed E-state index contributed by atoms with van der Waals surface area (Å²) in [6.45, 7) is 3.91.